The second-order valence-electron chi connectivity index (χ2n) is 4.01. The minimum atomic E-state index is -3.62. The van der Waals surface area contributed by atoms with Gasteiger partial charge >= 0.3 is 0 Å². The average Bonchev–Trinajstić information content (AvgIpc) is 2.89. The molecule has 0 amide bonds. The molecule has 6 heteroatoms. The molecule has 1 aromatic heterocycles. The van der Waals surface area contributed by atoms with Gasteiger partial charge < -0.3 is 4.42 Å². The van der Waals surface area contributed by atoms with Gasteiger partial charge in [0.25, 0.3) is 10.0 Å². The molecule has 0 aliphatic heterocycles. The molecule has 0 saturated carbocycles. The highest BCUT2D eigenvalue weighted by Crippen LogP contribution is 2.15. The Morgan fingerprint density at radius 2 is 1.89 bits per heavy atom. The quantitative estimate of drug-likeness (QED) is 0.636. The summed E-state index contributed by atoms with van der Waals surface area (Å²) in [4.78, 5) is 0.206. The Morgan fingerprint density at radius 3 is 2.47 bits per heavy atom. The van der Waals surface area contributed by atoms with E-state index in [1.54, 1.807) is 36.4 Å². The first-order valence-electron chi connectivity index (χ1n) is 5.63. The first-order valence-corrected chi connectivity index (χ1v) is 7.07. The number of nitrogens with zero attached hydrogens (tertiary/aromatic N) is 2. The highest BCUT2D eigenvalue weighted by molar-refractivity contribution is 7.89. The molecule has 0 unspecified atom stereocenters. The summed E-state index contributed by atoms with van der Waals surface area (Å²) >= 11 is 0. The number of rotatable bonds is 4. The van der Waals surface area contributed by atoms with Crippen molar-refractivity contribution in [3.05, 3.63) is 54.0 Å². The molecule has 0 aliphatic carbocycles. The van der Waals surface area contributed by atoms with E-state index in [0.717, 1.165) is 9.98 Å². The van der Waals surface area contributed by atoms with E-state index in [0.29, 0.717) is 5.76 Å². The van der Waals surface area contributed by atoms with Crippen molar-refractivity contribution >= 4 is 16.2 Å². The third-order valence-corrected chi connectivity index (χ3v) is 4.22. The van der Waals surface area contributed by atoms with E-state index in [-0.39, 0.29) is 4.90 Å². The van der Waals surface area contributed by atoms with Crippen molar-refractivity contribution in [2.75, 3.05) is 7.05 Å². The van der Waals surface area contributed by atoms with E-state index >= 15 is 0 Å². The second-order valence-corrected chi connectivity index (χ2v) is 5.96. The largest absolute Gasteiger partial charge is 0.463 e. The van der Waals surface area contributed by atoms with Crippen LogP contribution < -0.4 is 0 Å². The van der Waals surface area contributed by atoms with Crippen molar-refractivity contribution < 1.29 is 12.8 Å². The molecule has 1 aromatic carbocycles. The van der Waals surface area contributed by atoms with Crippen LogP contribution in [0.15, 0.2) is 57.1 Å². The highest BCUT2D eigenvalue weighted by Gasteiger charge is 2.18. The molecule has 0 bridgehead atoms. The fourth-order valence-corrected chi connectivity index (χ4v) is 2.38. The Balaban J connectivity index is 2.22. The summed E-state index contributed by atoms with van der Waals surface area (Å²) < 4.78 is 30.3. The van der Waals surface area contributed by atoms with Crippen LogP contribution in [-0.2, 0) is 10.0 Å². The summed E-state index contributed by atoms with van der Waals surface area (Å²) in [6, 6.07) is 10.0. The van der Waals surface area contributed by atoms with Crippen LogP contribution in [0.3, 0.4) is 0 Å². The normalized spacial score (nSPS) is 11.9. The zero-order chi connectivity index (χ0) is 13.9. The van der Waals surface area contributed by atoms with Gasteiger partial charge in [-0.1, -0.05) is 17.7 Å². The summed E-state index contributed by atoms with van der Waals surface area (Å²) in [6.45, 7) is 1.90. The molecule has 1 heterocycles. The van der Waals surface area contributed by atoms with Crippen LogP contribution >= 0.6 is 0 Å². The maximum absolute atomic E-state index is 12.2. The molecular formula is C13H14N2O3S. The van der Waals surface area contributed by atoms with Crippen LogP contribution in [0.2, 0.25) is 0 Å². The third kappa shape index (κ3) is 3.03. The molecule has 0 spiro atoms. The number of hydrogen-bond donors (Lipinski definition) is 0. The van der Waals surface area contributed by atoms with Gasteiger partial charge in [0.2, 0.25) is 0 Å². The van der Waals surface area contributed by atoms with Crippen LogP contribution in [-0.4, -0.2) is 26.1 Å². The first kappa shape index (κ1) is 13.4. The lowest BCUT2D eigenvalue weighted by Crippen LogP contribution is -2.21. The van der Waals surface area contributed by atoms with E-state index in [1.807, 2.05) is 6.92 Å². The summed E-state index contributed by atoms with van der Waals surface area (Å²) in [5, 5.41) is 3.86. The molecule has 0 aliphatic rings. The lowest BCUT2D eigenvalue weighted by Gasteiger charge is -2.13. The molecule has 19 heavy (non-hydrogen) atoms. The minimum Gasteiger partial charge on any atom is -0.463 e. The minimum absolute atomic E-state index is 0.206. The van der Waals surface area contributed by atoms with Gasteiger partial charge in [0.1, 0.15) is 5.76 Å². The van der Waals surface area contributed by atoms with Crippen LogP contribution in [0.1, 0.15) is 11.3 Å². The van der Waals surface area contributed by atoms with E-state index < -0.39 is 10.0 Å². The molecule has 0 N–H and O–H groups in total. The molecule has 0 atom stereocenters. The molecule has 0 fully saturated rings. The zero-order valence-electron chi connectivity index (χ0n) is 10.6. The topological polar surface area (TPSA) is 62.9 Å². The van der Waals surface area contributed by atoms with Gasteiger partial charge in [-0.05, 0) is 31.2 Å². The van der Waals surface area contributed by atoms with Crippen molar-refractivity contribution in [3.8, 4) is 0 Å². The van der Waals surface area contributed by atoms with Gasteiger partial charge in [-0.3, -0.25) is 0 Å². The Bertz CT molecular complexity index is 658. The lowest BCUT2D eigenvalue weighted by molar-refractivity contribution is 0.488. The molecule has 2 aromatic rings. The summed E-state index contributed by atoms with van der Waals surface area (Å²) in [5.41, 5.74) is 1.00. The van der Waals surface area contributed by atoms with Gasteiger partial charge in [-0.2, -0.15) is 17.9 Å². The van der Waals surface area contributed by atoms with Gasteiger partial charge in [-0.15, -0.1) is 0 Å². The highest BCUT2D eigenvalue weighted by atomic mass is 32.2. The predicted molar refractivity (Wildman–Crippen MR) is 72.4 cm³/mol. The smallest absolute Gasteiger partial charge is 0.278 e. The summed E-state index contributed by atoms with van der Waals surface area (Å²) in [6.07, 6.45) is 2.85. The number of aryl methyl sites for hydroxylation is 1. The van der Waals surface area contributed by atoms with E-state index in [1.165, 1.54) is 19.5 Å². The number of hydrazone groups is 1. The van der Waals surface area contributed by atoms with Gasteiger partial charge in [0.05, 0.1) is 17.4 Å². The first-order chi connectivity index (χ1) is 9.00. The van der Waals surface area contributed by atoms with Crippen molar-refractivity contribution in [1.82, 2.24) is 4.41 Å². The standard InChI is InChI=1S/C13H14N2O3S/c1-11-5-7-13(8-6-11)19(16,17)15(2)14-10-12-4-3-9-18-12/h3-10H,1-2H3/b14-10+. The Morgan fingerprint density at radius 1 is 1.21 bits per heavy atom. The van der Waals surface area contributed by atoms with Gasteiger partial charge in [-0.25, -0.2) is 0 Å². The van der Waals surface area contributed by atoms with E-state index in [2.05, 4.69) is 5.10 Å². The maximum Gasteiger partial charge on any atom is 0.278 e. The van der Waals surface area contributed by atoms with Crippen LogP contribution in [0, 0.1) is 6.92 Å². The van der Waals surface area contributed by atoms with Gasteiger partial charge in [0.15, 0.2) is 0 Å². The van der Waals surface area contributed by atoms with Crippen LogP contribution in [0.4, 0.5) is 0 Å². The molecule has 0 saturated heterocycles. The Labute approximate surface area is 112 Å². The SMILES string of the molecule is Cc1ccc(S(=O)(=O)N(C)/N=C/c2ccco2)cc1. The second kappa shape index (κ2) is 5.27. The fraction of sp³-hybridized carbons (Fsp3) is 0.154. The van der Waals surface area contributed by atoms with Crippen molar-refractivity contribution in [2.45, 2.75) is 11.8 Å². The lowest BCUT2D eigenvalue weighted by atomic mass is 10.2. The van der Waals surface area contributed by atoms with Crippen LogP contribution in [0.25, 0.3) is 0 Å². The van der Waals surface area contributed by atoms with Crippen molar-refractivity contribution in [3.63, 3.8) is 0 Å². The predicted octanol–water partition coefficient (Wildman–Crippen LogP) is 2.24. The summed E-state index contributed by atoms with van der Waals surface area (Å²) in [5.74, 6) is 0.492. The van der Waals surface area contributed by atoms with E-state index in [9.17, 15) is 8.42 Å². The zero-order valence-corrected chi connectivity index (χ0v) is 11.5. The molecule has 100 valence electrons. The monoisotopic (exact) mass is 278 g/mol. The third-order valence-electron chi connectivity index (χ3n) is 2.56. The number of sulfonamides is 1. The fourth-order valence-electron chi connectivity index (χ4n) is 1.43. The number of hydrogen-bond acceptors (Lipinski definition) is 4. The molecule has 0 radical (unpaired) electrons. The molecule has 2 rings (SSSR count). The Kier molecular flexibility index (Phi) is 3.71. The van der Waals surface area contributed by atoms with Crippen molar-refractivity contribution in [1.29, 1.82) is 0 Å². The van der Waals surface area contributed by atoms with Crippen LogP contribution in [0.5, 0.6) is 0 Å². The van der Waals surface area contributed by atoms with Crippen molar-refractivity contribution in [2.24, 2.45) is 5.10 Å². The molecule has 5 nitrogen and oxygen atoms in total. The Hall–Kier alpha value is -2.08. The van der Waals surface area contributed by atoms with Gasteiger partial charge in [0, 0.05) is 7.05 Å². The average molecular weight is 278 g/mol. The number of furan rings is 1. The number of benzene rings is 1. The van der Waals surface area contributed by atoms with E-state index in [4.69, 9.17) is 4.42 Å². The maximum atomic E-state index is 12.2. The summed E-state index contributed by atoms with van der Waals surface area (Å²) in [7, 11) is -2.23. The molecular weight excluding hydrogens is 264 g/mol.